The summed E-state index contributed by atoms with van der Waals surface area (Å²) in [6.45, 7) is 0. The van der Waals surface area contributed by atoms with E-state index in [0.29, 0.717) is 30.1 Å². The molecule has 4 rings (SSSR count). The average molecular weight is 335 g/mol. The number of carbonyl (C=O) groups excluding carboxylic acids is 1. The summed E-state index contributed by atoms with van der Waals surface area (Å²) in [7, 11) is -6.04. The Balaban J connectivity index is 1.49. The van der Waals surface area contributed by atoms with Crippen LogP contribution in [0.15, 0.2) is 0 Å². The molecule has 0 N–H and O–H groups in total. The molecule has 0 spiro atoms. The lowest BCUT2D eigenvalue weighted by Gasteiger charge is -2.38. The predicted octanol–water partition coefficient (Wildman–Crippen LogP) is 1.74. The van der Waals surface area contributed by atoms with Gasteiger partial charge in [-0.3, -0.25) is 0 Å². The van der Waals surface area contributed by atoms with Crippen molar-refractivity contribution in [1.82, 2.24) is 0 Å². The summed E-state index contributed by atoms with van der Waals surface area (Å²) >= 11 is 0. The molecular weight excluding hydrogens is 318 g/mol. The van der Waals surface area contributed by atoms with Crippen molar-refractivity contribution in [3.63, 3.8) is 0 Å². The molecular formula is C14H17F2O5S-. The molecule has 4 aliphatic rings. The van der Waals surface area contributed by atoms with E-state index in [9.17, 15) is 26.5 Å². The van der Waals surface area contributed by atoms with E-state index in [2.05, 4.69) is 0 Å². The molecule has 0 amide bonds. The highest BCUT2D eigenvalue weighted by molar-refractivity contribution is 7.87. The van der Waals surface area contributed by atoms with Crippen molar-refractivity contribution in [2.75, 3.05) is 0 Å². The second kappa shape index (κ2) is 4.41. The summed E-state index contributed by atoms with van der Waals surface area (Å²) < 4.78 is 62.8. The van der Waals surface area contributed by atoms with E-state index in [0.717, 1.165) is 18.8 Å². The predicted molar refractivity (Wildman–Crippen MR) is 68.5 cm³/mol. The van der Waals surface area contributed by atoms with E-state index in [4.69, 9.17) is 4.74 Å². The number of rotatable bonds is 3. The molecule has 5 nitrogen and oxygen atoms in total. The molecule has 7 atom stereocenters. The fraction of sp³-hybridized carbons (Fsp3) is 0.929. The Morgan fingerprint density at radius 3 is 2.32 bits per heavy atom. The van der Waals surface area contributed by atoms with Gasteiger partial charge >= 0.3 is 11.2 Å². The molecule has 0 saturated heterocycles. The van der Waals surface area contributed by atoms with Gasteiger partial charge < -0.3 is 9.29 Å². The summed E-state index contributed by atoms with van der Waals surface area (Å²) in [4.78, 5) is 11.4. The third kappa shape index (κ3) is 1.82. The first-order valence-corrected chi connectivity index (χ1v) is 9.15. The first-order valence-electron chi connectivity index (χ1n) is 7.74. The summed E-state index contributed by atoms with van der Waals surface area (Å²) in [5.41, 5.74) is 0. The minimum Gasteiger partial charge on any atom is -0.743 e. The lowest BCUT2D eigenvalue weighted by molar-refractivity contribution is -0.172. The van der Waals surface area contributed by atoms with Crippen molar-refractivity contribution in [2.45, 2.75) is 43.5 Å². The third-order valence-corrected chi connectivity index (χ3v) is 7.28. The maximum atomic E-state index is 13.3. The Morgan fingerprint density at radius 2 is 1.68 bits per heavy atom. The van der Waals surface area contributed by atoms with Crippen molar-refractivity contribution >= 4 is 16.1 Å². The first-order chi connectivity index (χ1) is 10.2. The number of carbonyl (C=O) groups is 1. The zero-order chi connectivity index (χ0) is 15.9. The van der Waals surface area contributed by atoms with Crippen molar-refractivity contribution < 1.29 is 31.3 Å². The van der Waals surface area contributed by atoms with E-state index in [1.165, 1.54) is 12.8 Å². The number of fused-ring (bicyclic) bond motifs is 9. The van der Waals surface area contributed by atoms with E-state index < -0.39 is 27.4 Å². The Hall–Kier alpha value is -0.760. The largest absolute Gasteiger partial charge is 0.743 e. The smallest absolute Gasteiger partial charge is 0.428 e. The lowest BCUT2D eigenvalue weighted by Crippen LogP contribution is -2.44. The summed E-state index contributed by atoms with van der Waals surface area (Å²) in [5, 5.41) is -5.00. The Bertz CT molecular complexity index is 619. The number of hydrogen-bond donors (Lipinski definition) is 0. The van der Waals surface area contributed by atoms with Gasteiger partial charge in [0.15, 0.2) is 10.1 Å². The first kappa shape index (κ1) is 14.8. The van der Waals surface area contributed by atoms with Gasteiger partial charge in [-0.1, -0.05) is 0 Å². The Morgan fingerprint density at radius 1 is 1.05 bits per heavy atom. The topological polar surface area (TPSA) is 83.5 Å². The van der Waals surface area contributed by atoms with Crippen LogP contribution in [0.2, 0.25) is 0 Å². The minimum absolute atomic E-state index is 0.0550. The molecule has 0 radical (unpaired) electrons. The van der Waals surface area contributed by atoms with Crippen molar-refractivity contribution in [1.29, 1.82) is 0 Å². The van der Waals surface area contributed by atoms with Gasteiger partial charge in [0, 0.05) is 0 Å². The van der Waals surface area contributed by atoms with Gasteiger partial charge in [0.05, 0.1) is 0 Å². The fourth-order valence-corrected chi connectivity index (χ4v) is 6.20. The highest BCUT2D eigenvalue weighted by atomic mass is 32.2. The molecule has 0 heterocycles. The van der Waals surface area contributed by atoms with Gasteiger partial charge in [0.25, 0.3) is 0 Å². The molecule has 0 aromatic carbocycles. The van der Waals surface area contributed by atoms with Gasteiger partial charge in [-0.2, -0.15) is 8.78 Å². The van der Waals surface area contributed by atoms with Crippen LogP contribution in [-0.2, 0) is 19.6 Å². The molecule has 4 aliphatic carbocycles. The molecule has 0 aromatic rings. The summed E-state index contributed by atoms with van der Waals surface area (Å²) in [6.07, 6.45) is 4.32. The zero-order valence-electron chi connectivity index (χ0n) is 11.8. The minimum atomic E-state index is -6.04. The van der Waals surface area contributed by atoms with Crippen LogP contribution >= 0.6 is 0 Å². The van der Waals surface area contributed by atoms with Crippen molar-refractivity contribution in [2.24, 2.45) is 35.5 Å². The van der Waals surface area contributed by atoms with E-state index >= 15 is 0 Å². The molecule has 0 aromatic heterocycles. The van der Waals surface area contributed by atoms with Crippen LogP contribution in [0.1, 0.15) is 32.1 Å². The Kier molecular flexibility index (Phi) is 2.97. The number of hydrogen-bond acceptors (Lipinski definition) is 5. The number of ether oxygens (including phenoxy) is 1. The maximum absolute atomic E-state index is 13.3. The molecule has 4 fully saturated rings. The second-order valence-corrected chi connectivity index (χ2v) is 8.72. The van der Waals surface area contributed by atoms with Crippen LogP contribution < -0.4 is 0 Å². The third-order valence-electron chi connectivity index (χ3n) is 6.48. The molecule has 7 unspecified atom stereocenters. The SMILES string of the molecule is O=C(OC1CC2CC1C1C3CCC(C3)C21)C(F)(F)S(=O)(=O)[O-]. The van der Waals surface area contributed by atoms with E-state index in [1.54, 1.807) is 0 Å². The summed E-state index contributed by atoms with van der Waals surface area (Å²) in [5.74, 6) is 0.607. The van der Waals surface area contributed by atoms with Crippen LogP contribution in [0.4, 0.5) is 8.78 Å². The lowest BCUT2D eigenvalue weighted by atomic mass is 9.70. The van der Waals surface area contributed by atoms with Crippen molar-refractivity contribution in [3.05, 3.63) is 0 Å². The van der Waals surface area contributed by atoms with Crippen molar-refractivity contribution in [3.8, 4) is 0 Å². The quantitative estimate of drug-likeness (QED) is 0.446. The number of alkyl halides is 2. The molecule has 4 saturated carbocycles. The van der Waals surface area contributed by atoms with Crippen LogP contribution in [0.25, 0.3) is 0 Å². The van der Waals surface area contributed by atoms with E-state index in [1.807, 2.05) is 0 Å². The van der Waals surface area contributed by atoms with Gasteiger partial charge in [-0.25, -0.2) is 13.2 Å². The van der Waals surface area contributed by atoms with E-state index in [-0.39, 0.29) is 5.92 Å². The number of halogens is 2. The maximum Gasteiger partial charge on any atom is 0.428 e. The van der Waals surface area contributed by atoms with Crippen LogP contribution in [-0.4, -0.2) is 30.3 Å². The molecule has 124 valence electrons. The highest BCUT2D eigenvalue weighted by Gasteiger charge is 2.64. The standard InChI is InChI=1S/C14H18F2O5S/c15-14(16,22(18,19)20)13(17)21-10-5-8-4-9(10)12-7-2-1-6(3-7)11(8)12/h6-12H,1-5H2,(H,18,19,20)/p-1. The molecule has 22 heavy (non-hydrogen) atoms. The fourth-order valence-electron chi connectivity index (χ4n) is 5.95. The Labute approximate surface area is 127 Å². The molecule has 8 heteroatoms. The van der Waals surface area contributed by atoms with Crippen LogP contribution in [0.5, 0.6) is 0 Å². The zero-order valence-corrected chi connectivity index (χ0v) is 12.6. The normalized spacial score (nSPS) is 46.0. The summed E-state index contributed by atoms with van der Waals surface area (Å²) in [6, 6.07) is 0. The molecule has 4 bridgehead atoms. The van der Waals surface area contributed by atoms with Crippen LogP contribution in [0.3, 0.4) is 0 Å². The monoisotopic (exact) mass is 335 g/mol. The van der Waals surface area contributed by atoms with Crippen LogP contribution in [0, 0.1) is 35.5 Å². The van der Waals surface area contributed by atoms with Gasteiger partial charge in [-0.05, 0) is 67.6 Å². The number of esters is 1. The average Bonchev–Trinajstić information content (AvgIpc) is 3.15. The van der Waals surface area contributed by atoms with Gasteiger partial charge in [0.1, 0.15) is 6.10 Å². The van der Waals surface area contributed by atoms with Gasteiger partial charge in [0.2, 0.25) is 0 Å². The highest BCUT2D eigenvalue weighted by Crippen LogP contribution is 2.67. The van der Waals surface area contributed by atoms with Gasteiger partial charge in [-0.15, -0.1) is 0 Å². The molecule has 0 aliphatic heterocycles. The second-order valence-electron chi connectivity index (χ2n) is 7.30.